The number of aryl methyl sites for hydroxylation is 1. The average molecular weight is 204 g/mol. The van der Waals surface area contributed by atoms with Gasteiger partial charge >= 0.3 is 0 Å². The van der Waals surface area contributed by atoms with Crippen molar-refractivity contribution in [1.82, 2.24) is 4.98 Å². The molecule has 0 bridgehead atoms. The lowest BCUT2D eigenvalue weighted by atomic mass is 9.93. The summed E-state index contributed by atoms with van der Waals surface area (Å²) in [5.74, 6) is 1.42. The van der Waals surface area contributed by atoms with Gasteiger partial charge < -0.3 is 5.32 Å². The van der Waals surface area contributed by atoms with Gasteiger partial charge in [-0.25, -0.2) is 4.98 Å². The maximum absolute atomic E-state index is 4.48. The number of hydrogen-bond donors (Lipinski definition) is 1. The minimum absolute atomic E-state index is 0.491. The van der Waals surface area contributed by atoms with Gasteiger partial charge in [-0.2, -0.15) is 0 Å². The highest BCUT2D eigenvalue weighted by atomic mass is 15.0. The fraction of sp³-hybridized carbons (Fsp3) is 0.462. The van der Waals surface area contributed by atoms with Crippen molar-refractivity contribution in [3.8, 4) is 0 Å². The van der Waals surface area contributed by atoms with Crippen LogP contribution in [0, 0.1) is 6.92 Å². The predicted molar refractivity (Wildman–Crippen MR) is 67.3 cm³/mol. The Kier molecular flexibility index (Phi) is 3.51. The Hall–Kier alpha value is -1.31. The number of aromatic nitrogens is 1. The first kappa shape index (κ1) is 11.8. The van der Waals surface area contributed by atoms with Crippen LogP contribution < -0.4 is 5.32 Å². The van der Waals surface area contributed by atoms with Crippen molar-refractivity contribution in [3.05, 3.63) is 29.5 Å². The summed E-state index contributed by atoms with van der Waals surface area (Å²) in [6.45, 7) is 12.5. The highest BCUT2D eigenvalue weighted by molar-refractivity contribution is 5.68. The molecule has 0 aliphatic carbocycles. The van der Waals surface area contributed by atoms with Gasteiger partial charge in [0, 0.05) is 18.3 Å². The Morgan fingerprint density at radius 3 is 2.47 bits per heavy atom. The Morgan fingerprint density at radius 1 is 1.47 bits per heavy atom. The lowest BCUT2D eigenvalue weighted by molar-refractivity contribution is 0.854. The van der Waals surface area contributed by atoms with E-state index in [0.717, 1.165) is 17.1 Å². The molecule has 1 N–H and O–H groups in total. The summed E-state index contributed by atoms with van der Waals surface area (Å²) in [5, 5.41) is 3.09. The number of pyridine rings is 1. The van der Waals surface area contributed by atoms with Gasteiger partial charge in [-0.05, 0) is 37.0 Å². The Bertz CT molecular complexity index is 378. The lowest BCUT2D eigenvalue weighted by Crippen LogP contribution is -2.03. The minimum Gasteiger partial charge on any atom is -0.373 e. The second-order valence-electron chi connectivity index (χ2n) is 4.24. The molecule has 82 valence electrons. The molecule has 0 aromatic carbocycles. The van der Waals surface area contributed by atoms with Gasteiger partial charge in [-0.15, -0.1) is 0 Å². The van der Waals surface area contributed by atoms with E-state index >= 15 is 0 Å². The summed E-state index contributed by atoms with van der Waals surface area (Å²) in [6.07, 6.45) is 0. The molecule has 0 fully saturated rings. The first-order chi connectivity index (χ1) is 6.97. The van der Waals surface area contributed by atoms with Crippen molar-refractivity contribution in [2.75, 3.05) is 12.4 Å². The van der Waals surface area contributed by atoms with Crippen LogP contribution in [0.3, 0.4) is 0 Å². The monoisotopic (exact) mass is 204 g/mol. The van der Waals surface area contributed by atoms with Crippen LogP contribution in [0.4, 0.5) is 5.82 Å². The van der Waals surface area contributed by atoms with E-state index in [1.807, 2.05) is 20.9 Å². The zero-order valence-corrected chi connectivity index (χ0v) is 10.3. The van der Waals surface area contributed by atoms with E-state index in [2.05, 4.69) is 36.8 Å². The number of anilines is 1. The van der Waals surface area contributed by atoms with E-state index in [-0.39, 0.29) is 0 Å². The van der Waals surface area contributed by atoms with Gasteiger partial charge in [-0.1, -0.05) is 20.4 Å². The van der Waals surface area contributed by atoms with Crippen LogP contribution in [-0.4, -0.2) is 12.0 Å². The molecule has 0 spiro atoms. The maximum Gasteiger partial charge on any atom is 0.126 e. The molecule has 0 radical (unpaired) electrons. The van der Waals surface area contributed by atoms with Crippen LogP contribution in [0.2, 0.25) is 0 Å². The van der Waals surface area contributed by atoms with Crippen LogP contribution in [0.1, 0.15) is 43.5 Å². The van der Waals surface area contributed by atoms with Crippen LogP contribution in [0.5, 0.6) is 0 Å². The molecule has 15 heavy (non-hydrogen) atoms. The molecule has 0 atom stereocenters. The molecule has 0 saturated carbocycles. The maximum atomic E-state index is 4.48. The fourth-order valence-electron chi connectivity index (χ4n) is 1.84. The molecule has 0 aliphatic rings. The second-order valence-corrected chi connectivity index (χ2v) is 4.24. The molecule has 2 nitrogen and oxygen atoms in total. The first-order valence-electron chi connectivity index (χ1n) is 5.32. The zero-order chi connectivity index (χ0) is 11.6. The normalized spacial score (nSPS) is 10.5. The predicted octanol–water partition coefficient (Wildman–Crippen LogP) is 3.59. The van der Waals surface area contributed by atoms with Crippen molar-refractivity contribution in [3.63, 3.8) is 0 Å². The molecule has 1 heterocycles. The summed E-state index contributed by atoms with van der Waals surface area (Å²) in [4.78, 5) is 4.48. The number of nitrogens with one attached hydrogen (secondary N) is 1. The molecular formula is C13H20N2. The van der Waals surface area contributed by atoms with E-state index in [1.165, 1.54) is 11.1 Å². The van der Waals surface area contributed by atoms with Gasteiger partial charge in [0.1, 0.15) is 5.82 Å². The van der Waals surface area contributed by atoms with Gasteiger partial charge in [0.2, 0.25) is 0 Å². The van der Waals surface area contributed by atoms with Gasteiger partial charge in [0.15, 0.2) is 0 Å². The highest BCUT2D eigenvalue weighted by Gasteiger charge is 2.12. The summed E-state index contributed by atoms with van der Waals surface area (Å²) in [6, 6.07) is 2.11. The largest absolute Gasteiger partial charge is 0.373 e. The fourth-order valence-corrected chi connectivity index (χ4v) is 1.84. The number of allylic oxidation sites excluding steroid dienone is 1. The molecule has 1 aromatic rings. The number of rotatable bonds is 3. The molecule has 0 unspecified atom stereocenters. The van der Waals surface area contributed by atoms with E-state index in [9.17, 15) is 0 Å². The smallest absolute Gasteiger partial charge is 0.126 e. The quantitative estimate of drug-likeness (QED) is 0.814. The molecule has 1 rings (SSSR count). The Labute approximate surface area is 92.4 Å². The standard InChI is InChI=1S/C13H20N2/c1-8(2)11-7-12(14-6)15-10(5)13(11)9(3)4/h7-8H,3H2,1-2,4-6H3,(H,14,15). The average Bonchev–Trinajstić information content (AvgIpc) is 2.15. The van der Waals surface area contributed by atoms with E-state index in [1.54, 1.807) is 0 Å². The first-order valence-corrected chi connectivity index (χ1v) is 5.32. The van der Waals surface area contributed by atoms with Crippen molar-refractivity contribution >= 4 is 11.4 Å². The molecule has 1 aromatic heterocycles. The minimum atomic E-state index is 0.491. The van der Waals surface area contributed by atoms with Crippen LogP contribution in [-0.2, 0) is 0 Å². The summed E-state index contributed by atoms with van der Waals surface area (Å²) in [5.41, 5.74) is 4.67. The third-order valence-corrected chi connectivity index (χ3v) is 2.54. The van der Waals surface area contributed by atoms with Crippen molar-refractivity contribution < 1.29 is 0 Å². The van der Waals surface area contributed by atoms with E-state index in [0.29, 0.717) is 5.92 Å². The SMILES string of the molecule is C=C(C)c1c(C(C)C)cc(NC)nc1C. The Balaban J connectivity index is 3.42. The lowest BCUT2D eigenvalue weighted by Gasteiger charge is -2.16. The van der Waals surface area contributed by atoms with Crippen LogP contribution >= 0.6 is 0 Å². The molecule has 0 saturated heterocycles. The topological polar surface area (TPSA) is 24.9 Å². The third-order valence-electron chi connectivity index (χ3n) is 2.54. The molecule has 2 heteroatoms. The number of hydrogen-bond acceptors (Lipinski definition) is 2. The zero-order valence-electron chi connectivity index (χ0n) is 10.3. The molecule has 0 amide bonds. The van der Waals surface area contributed by atoms with Crippen molar-refractivity contribution in [2.24, 2.45) is 0 Å². The van der Waals surface area contributed by atoms with E-state index in [4.69, 9.17) is 0 Å². The van der Waals surface area contributed by atoms with Crippen molar-refractivity contribution in [1.29, 1.82) is 0 Å². The molecule has 0 aliphatic heterocycles. The van der Waals surface area contributed by atoms with E-state index < -0.39 is 0 Å². The van der Waals surface area contributed by atoms with Gasteiger partial charge in [0.05, 0.1) is 0 Å². The summed E-state index contributed by atoms with van der Waals surface area (Å²) in [7, 11) is 1.90. The summed E-state index contributed by atoms with van der Waals surface area (Å²) >= 11 is 0. The van der Waals surface area contributed by atoms with Crippen molar-refractivity contribution in [2.45, 2.75) is 33.6 Å². The summed E-state index contributed by atoms with van der Waals surface area (Å²) < 4.78 is 0. The van der Waals surface area contributed by atoms with Crippen LogP contribution in [0.15, 0.2) is 12.6 Å². The third kappa shape index (κ3) is 2.38. The Morgan fingerprint density at radius 2 is 2.07 bits per heavy atom. The second kappa shape index (κ2) is 4.47. The number of nitrogens with zero attached hydrogens (tertiary/aromatic N) is 1. The van der Waals surface area contributed by atoms with Gasteiger partial charge in [-0.3, -0.25) is 0 Å². The molecular weight excluding hydrogens is 184 g/mol. The highest BCUT2D eigenvalue weighted by Crippen LogP contribution is 2.28. The van der Waals surface area contributed by atoms with Crippen LogP contribution in [0.25, 0.3) is 5.57 Å². The van der Waals surface area contributed by atoms with Gasteiger partial charge in [0.25, 0.3) is 0 Å².